The van der Waals surface area contributed by atoms with Gasteiger partial charge in [0.05, 0.1) is 12.6 Å². The van der Waals surface area contributed by atoms with E-state index in [-0.39, 0.29) is 0 Å². The number of ether oxygens (including phenoxy) is 1. The van der Waals surface area contributed by atoms with Crippen molar-refractivity contribution >= 4 is 0 Å². The van der Waals surface area contributed by atoms with Crippen LogP contribution in [0, 0.1) is 0 Å². The molecule has 0 aliphatic heterocycles. The minimum absolute atomic E-state index is 0.340. The Hall–Kier alpha value is -0.960. The predicted molar refractivity (Wildman–Crippen MR) is 45.1 cm³/mol. The summed E-state index contributed by atoms with van der Waals surface area (Å²) in [6, 6.07) is 4.30. The van der Waals surface area contributed by atoms with E-state index in [1.54, 1.807) is 7.11 Å². The van der Waals surface area contributed by atoms with E-state index in [4.69, 9.17) is 4.74 Å². The average Bonchev–Trinajstić information content (AvgIpc) is 2.40. The summed E-state index contributed by atoms with van der Waals surface area (Å²) in [5.41, 5.74) is 3.21. The summed E-state index contributed by atoms with van der Waals surface area (Å²) in [5, 5.41) is 0. The number of nitrogens with one attached hydrogen (secondary N) is 1. The largest absolute Gasteiger partial charge is 0.383 e. The molecule has 0 aromatic carbocycles. The van der Waals surface area contributed by atoms with E-state index >= 15 is 0 Å². The van der Waals surface area contributed by atoms with E-state index in [0.717, 1.165) is 6.61 Å². The molecule has 1 heterocycles. The molecule has 62 valence electrons. The highest BCUT2D eigenvalue weighted by Gasteiger charge is 1.97. The second kappa shape index (κ2) is 4.03. The zero-order valence-corrected chi connectivity index (χ0v) is 6.95. The van der Waals surface area contributed by atoms with Gasteiger partial charge in [-0.05, 0) is 19.1 Å². The summed E-state index contributed by atoms with van der Waals surface area (Å²) in [5.74, 6) is 0. The first-order valence-corrected chi connectivity index (χ1v) is 3.71. The highest BCUT2D eigenvalue weighted by molar-refractivity contribution is 4.94. The van der Waals surface area contributed by atoms with Gasteiger partial charge < -0.3 is 10.2 Å². The molecule has 0 radical (unpaired) electrons. The lowest BCUT2D eigenvalue weighted by Gasteiger charge is -2.14. The molecule has 3 heteroatoms. The lowest BCUT2D eigenvalue weighted by molar-refractivity contribution is 0.186. The van der Waals surface area contributed by atoms with Crippen LogP contribution in [0.2, 0.25) is 0 Å². The van der Waals surface area contributed by atoms with Crippen LogP contribution >= 0.6 is 0 Å². The van der Waals surface area contributed by atoms with Crippen molar-refractivity contribution in [2.24, 2.45) is 0 Å². The van der Waals surface area contributed by atoms with Gasteiger partial charge in [0.2, 0.25) is 0 Å². The van der Waals surface area contributed by atoms with Crippen LogP contribution in [-0.2, 0) is 4.74 Å². The molecule has 1 atom stereocenters. The third kappa shape index (κ3) is 2.63. The van der Waals surface area contributed by atoms with E-state index in [1.165, 1.54) is 0 Å². The summed E-state index contributed by atoms with van der Waals surface area (Å²) in [6.07, 6.45) is 3.93. The van der Waals surface area contributed by atoms with Gasteiger partial charge in [-0.1, -0.05) is 0 Å². The van der Waals surface area contributed by atoms with Crippen LogP contribution in [-0.4, -0.2) is 24.4 Å². The summed E-state index contributed by atoms with van der Waals surface area (Å²) in [4.78, 5) is 0. The molecule has 0 saturated heterocycles. The fraction of sp³-hybridized carbons (Fsp3) is 0.500. The smallest absolute Gasteiger partial charge is 0.0677 e. The second-order valence-electron chi connectivity index (χ2n) is 2.58. The minimum atomic E-state index is 0.340. The maximum absolute atomic E-state index is 4.98. The zero-order chi connectivity index (χ0) is 8.10. The normalized spacial score (nSPS) is 12.9. The van der Waals surface area contributed by atoms with Crippen molar-refractivity contribution in [3.63, 3.8) is 0 Å². The zero-order valence-electron chi connectivity index (χ0n) is 6.95. The van der Waals surface area contributed by atoms with Crippen LogP contribution in [0.4, 0.5) is 0 Å². The maximum atomic E-state index is 4.98. The van der Waals surface area contributed by atoms with Gasteiger partial charge in [-0.15, -0.1) is 0 Å². The number of nitrogens with zero attached hydrogens (tertiary/aromatic N) is 1. The van der Waals surface area contributed by atoms with Crippen molar-refractivity contribution in [2.75, 3.05) is 19.1 Å². The first kappa shape index (κ1) is 8.14. The lowest BCUT2D eigenvalue weighted by Crippen LogP contribution is -2.27. The van der Waals surface area contributed by atoms with Crippen LogP contribution in [0.15, 0.2) is 24.5 Å². The van der Waals surface area contributed by atoms with Crippen molar-refractivity contribution in [2.45, 2.75) is 13.0 Å². The monoisotopic (exact) mass is 154 g/mol. The van der Waals surface area contributed by atoms with Gasteiger partial charge in [0.15, 0.2) is 0 Å². The van der Waals surface area contributed by atoms with Crippen LogP contribution in [0.3, 0.4) is 0 Å². The van der Waals surface area contributed by atoms with Crippen molar-refractivity contribution in [1.82, 2.24) is 4.68 Å². The number of methoxy groups -OCH3 is 1. The van der Waals surface area contributed by atoms with Gasteiger partial charge in [0, 0.05) is 19.5 Å². The van der Waals surface area contributed by atoms with Crippen LogP contribution < -0.4 is 5.43 Å². The Morgan fingerprint density at radius 3 is 2.64 bits per heavy atom. The van der Waals surface area contributed by atoms with Gasteiger partial charge in [-0.25, -0.2) is 0 Å². The molecule has 11 heavy (non-hydrogen) atoms. The highest BCUT2D eigenvalue weighted by atomic mass is 16.5. The SMILES string of the molecule is COCC(C)Nn1cccc1. The van der Waals surface area contributed by atoms with Crippen molar-refractivity contribution in [3.8, 4) is 0 Å². The van der Waals surface area contributed by atoms with Gasteiger partial charge >= 0.3 is 0 Å². The Morgan fingerprint density at radius 1 is 1.45 bits per heavy atom. The lowest BCUT2D eigenvalue weighted by atomic mass is 10.4. The van der Waals surface area contributed by atoms with E-state index in [9.17, 15) is 0 Å². The van der Waals surface area contributed by atoms with E-state index in [0.29, 0.717) is 6.04 Å². The summed E-state index contributed by atoms with van der Waals surface area (Å²) in [6.45, 7) is 2.79. The molecule has 3 nitrogen and oxygen atoms in total. The molecule has 0 saturated carbocycles. The highest BCUT2D eigenvalue weighted by Crippen LogP contribution is 1.89. The van der Waals surface area contributed by atoms with E-state index in [1.807, 2.05) is 29.2 Å². The average molecular weight is 154 g/mol. The number of hydrogen-bond donors (Lipinski definition) is 1. The van der Waals surface area contributed by atoms with Gasteiger partial charge in [-0.2, -0.15) is 0 Å². The molecule has 0 amide bonds. The molecular formula is C8H14N2O. The number of rotatable bonds is 4. The first-order valence-electron chi connectivity index (χ1n) is 3.71. The van der Waals surface area contributed by atoms with Crippen molar-refractivity contribution in [3.05, 3.63) is 24.5 Å². The number of aromatic nitrogens is 1. The molecule has 0 aliphatic rings. The molecule has 0 aliphatic carbocycles. The molecule has 0 spiro atoms. The summed E-state index contributed by atoms with van der Waals surface area (Å²) in [7, 11) is 1.70. The van der Waals surface area contributed by atoms with Crippen LogP contribution in [0.25, 0.3) is 0 Å². The fourth-order valence-corrected chi connectivity index (χ4v) is 0.962. The third-order valence-corrected chi connectivity index (χ3v) is 1.39. The molecule has 1 rings (SSSR count). The fourth-order valence-electron chi connectivity index (χ4n) is 0.962. The predicted octanol–water partition coefficient (Wildman–Crippen LogP) is 1.07. The van der Waals surface area contributed by atoms with Crippen molar-refractivity contribution < 1.29 is 4.74 Å². The van der Waals surface area contributed by atoms with Crippen LogP contribution in [0.5, 0.6) is 0 Å². The quantitative estimate of drug-likeness (QED) is 0.702. The van der Waals surface area contributed by atoms with Crippen LogP contribution in [0.1, 0.15) is 6.92 Å². The molecule has 1 aromatic heterocycles. The molecule has 0 fully saturated rings. The molecule has 1 aromatic rings. The standard InChI is InChI=1S/C8H14N2O/c1-8(7-11-2)9-10-5-3-4-6-10/h3-6,8-9H,7H2,1-2H3. The topological polar surface area (TPSA) is 26.2 Å². The Morgan fingerprint density at radius 2 is 2.09 bits per heavy atom. The minimum Gasteiger partial charge on any atom is -0.383 e. The van der Waals surface area contributed by atoms with Crippen molar-refractivity contribution in [1.29, 1.82) is 0 Å². The Balaban J connectivity index is 2.31. The second-order valence-corrected chi connectivity index (χ2v) is 2.58. The van der Waals surface area contributed by atoms with E-state index < -0.39 is 0 Å². The molecule has 0 bridgehead atoms. The summed E-state index contributed by atoms with van der Waals surface area (Å²) < 4.78 is 6.90. The van der Waals surface area contributed by atoms with Gasteiger partial charge in [-0.3, -0.25) is 4.68 Å². The molecule has 1 unspecified atom stereocenters. The Labute approximate surface area is 66.9 Å². The van der Waals surface area contributed by atoms with E-state index in [2.05, 4.69) is 12.3 Å². The Kier molecular flexibility index (Phi) is 2.98. The van der Waals surface area contributed by atoms with Gasteiger partial charge in [0.1, 0.15) is 0 Å². The van der Waals surface area contributed by atoms with Gasteiger partial charge in [0.25, 0.3) is 0 Å². The molecular weight excluding hydrogens is 140 g/mol. The Bertz CT molecular complexity index is 184. The molecule has 1 N–H and O–H groups in total. The maximum Gasteiger partial charge on any atom is 0.0677 e. The number of hydrogen-bond acceptors (Lipinski definition) is 2. The first-order chi connectivity index (χ1) is 5.33. The third-order valence-electron chi connectivity index (χ3n) is 1.39. The summed E-state index contributed by atoms with van der Waals surface area (Å²) >= 11 is 0.